The van der Waals surface area contributed by atoms with Crippen LogP contribution in [0.3, 0.4) is 0 Å². The molecular weight excluding hydrogens is 298 g/mol. The van der Waals surface area contributed by atoms with Gasteiger partial charge in [-0.25, -0.2) is 9.69 Å². The van der Waals surface area contributed by atoms with Crippen LogP contribution in [0.5, 0.6) is 0 Å². The molecule has 1 rings (SSSR count). The summed E-state index contributed by atoms with van der Waals surface area (Å²) >= 11 is 0. The SMILES string of the molecule is CC1[C@@H](C(C)(C)C)N(C(=O)OC(C)(C)C)C(=O)C1(C)CO[SiH3]. The molecule has 2 unspecified atom stereocenters. The standard InChI is InChI=1S/C16H31NO4Si/c1-10-11(14(2,3)4)17(13(19)21-15(5,6)7)12(18)16(10,8)9-20-22/h10-11H,9H2,1-8,22H3/t10?,11-,16?/m0/s1. The van der Waals surface area contributed by atoms with Crippen LogP contribution in [0.25, 0.3) is 0 Å². The lowest BCUT2D eigenvalue weighted by atomic mass is 9.71. The summed E-state index contributed by atoms with van der Waals surface area (Å²) in [5.41, 5.74) is -1.54. The molecule has 6 heteroatoms. The van der Waals surface area contributed by atoms with Crippen molar-refractivity contribution in [3.05, 3.63) is 0 Å². The molecule has 0 bridgehead atoms. The molecule has 22 heavy (non-hydrogen) atoms. The molecule has 128 valence electrons. The molecule has 0 radical (unpaired) electrons. The van der Waals surface area contributed by atoms with Gasteiger partial charge >= 0.3 is 6.09 Å². The first-order valence-electron chi connectivity index (χ1n) is 7.81. The fraction of sp³-hybridized carbons (Fsp3) is 0.875. The van der Waals surface area contributed by atoms with Crippen LogP contribution in [0.15, 0.2) is 0 Å². The average molecular weight is 330 g/mol. The molecule has 0 aromatic rings. The smallest absolute Gasteiger partial charge is 0.417 e. The Bertz CT molecular complexity index is 452. The Morgan fingerprint density at radius 3 is 2.14 bits per heavy atom. The lowest BCUT2D eigenvalue weighted by Gasteiger charge is -2.37. The normalized spacial score (nSPS) is 30.0. The number of ether oxygens (including phenoxy) is 1. The molecule has 0 aliphatic carbocycles. The highest BCUT2D eigenvalue weighted by Crippen LogP contribution is 2.48. The van der Waals surface area contributed by atoms with Crippen molar-refractivity contribution in [1.29, 1.82) is 0 Å². The number of likely N-dealkylation sites (tertiary alicyclic amines) is 1. The maximum atomic E-state index is 13.0. The molecule has 3 atom stereocenters. The first-order valence-corrected chi connectivity index (χ1v) is 8.63. The zero-order valence-corrected chi connectivity index (χ0v) is 17.4. The molecule has 0 spiro atoms. The van der Waals surface area contributed by atoms with Crippen LogP contribution in [0.4, 0.5) is 4.79 Å². The zero-order valence-electron chi connectivity index (χ0n) is 15.4. The van der Waals surface area contributed by atoms with E-state index in [9.17, 15) is 9.59 Å². The van der Waals surface area contributed by atoms with Gasteiger partial charge in [-0.05, 0) is 39.0 Å². The summed E-state index contributed by atoms with van der Waals surface area (Å²) in [6.07, 6.45) is -0.554. The Kier molecular flexibility index (Phi) is 5.19. The van der Waals surface area contributed by atoms with Gasteiger partial charge in [0, 0.05) is 6.61 Å². The molecule has 5 nitrogen and oxygen atoms in total. The topological polar surface area (TPSA) is 55.8 Å². The maximum Gasteiger partial charge on any atom is 0.417 e. The van der Waals surface area contributed by atoms with Crippen molar-refractivity contribution < 1.29 is 18.8 Å². The van der Waals surface area contributed by atoms with E-state index in [0.717, 1.165) is 0 Å². The van der Waals surface area contributed by atoms with Gasteiger partial charge in [-0.15, -0.1) is 0 Å². The Labute approximate surface area is 137 Å². The van der Waals surface area contributed by atoms with Crippen LogP contribution in [-0.4, -0.2) is 45.6 Å². The van der Waals surface area contributed by atoms with Crippen LogP contribution in [-0.2, 0) is 14.0 Å². The molecule has 1 aliphatic rings. The maximum absolute atomic E-state index is 13.0. The lowest BCUT2D eigenvalue weighted by molar-refractivity contribution is -0.137. The molecule has 0 saturated carbocycles. The summed E-state index contributed by atoms with van der Waals surface area (Å²) in [5, 5.41) is 0. The fourth-order valence-corrected chi connectivity index (χ4v) is 3.91. The van der Waals surface area contributed by atoms with Gasteiger partial charge in [0.25, 0.3) is 0 Å². The highest BCUT2D eigenvalue weighted by Gasteiger charge is 2.60. The van der Waals surface area contributed by atoms with Gasteiger partial charge in [-0.2, -0.15) is 0 Å². The quantitative estimate of drug-likeness (QED) is 0.728. The monoisotopic (exact) mass is 329 g/mol. The highest BCUT2D eigenvalue weighted by atomic mass is 28.2. The Morgan fingerprint density at radius 1 is 1.27 bits per heavy atom. The van der Waals surface area contributed by atoms with Crippen LogP contribution in [0.1, 0.15) is 55.4 Å². The van der Waals surface area contributed by atoms with E-state index in [1.54, 1.807) is 20.8 Å². The highest BCUT2D eigenvalue weighted by molar-refractivity contribution is 6.00. The first kappa shape index (κ1) is 19.2. The van der Waals surface area contributed by atoms with Gasteiger partial charge < -0.3 is 9.16 Å². The summed E-state index contributed by atoms with van der Waals surface area (Å²) in [7, 11) is 0.568. The molecule has 1 saturated heterocycles. The number of hydrogen-bond acceptors (Lipinski definition) is 4. The summed E-state index contributed by atoms with van der Waals surface area (Å²) in [6, 6.07) is -0.211. The van der Waals surface area contributed by atoms with Crippen molar-refractivity contribution in [3.8, 4) is 0 Å². The molecule has 1 fully saturated rings. The summed E-state index contributed by atoms with van der Waals surface area (Å²) in [4.78, 5) is 26.9. The molecule has 0 aromatic carbocycles. The summed E-state index contributed by atoms with van der Waals surface area (Å²) in [5.74, 6) is -0.188. The largest absolute Gasteiger partial charge is 0.443 e. The number of amides is 2. The van der Waals surface area contributed by atoms with E-state index < -0.39 is 17.1 Å². The predicted molar refractivity (Wildman–Crippen MR) is 89.5 cm³/mol. The van der Waals surface area contributed by atoms with Gasteiger partial charge in [0.05, 0.1) is 11.5 Å². The van der Waals surface area contributed by atoms with E-state index in [1.807, 2.05) is 34.6 Å². The second kappa shape index (κ2) is 5.96. The first-order chi connectivity index (χ1) is 9.75. The molecule has 2 amide bonds. The van der Waals surface area contributed by atoms with Gasteiger partial charge in [-0.3, -0.25) is 4.79 Å². The third-order valence-electron chi connectivity index (χ3n) is 4.39. The predicted octanol–water partition coefficient (Wildman–Crippen LogP) is 2.12. The fourth-order valence-electron chi connectivity index (χ4n) is 3.31. The molecule has 1 heterocycles. The van der Waals surface area contributed by atoms with Crippen molar-refractivity contribution in [1.82, 2.24) is 4.90 Å². The lowest BCUT2D eigenvalue weighted by Crippen LogP contribution is -2.49. The number of carbonyl (C=O) groups is 2. The second-order valence-electron chi connectivity index (χ2n) is 8.61. The van der Waals surface area contributed by atoms with E-state index in [4.69, 9.17) is 9.16 Å². The Hall–Kier alpha value is -0.883. The molecule has 0 aromatic heterocycles. The van der Waals surface area contributed by atoms with Gasteiger partial charge in [0.15, 0.2) is 0 Å². The third-order valence-corrected chi connectivity index (χ3v) is 4.67. The van der Waals surface area contributed by atoms with Crippen molar-refractivity contribution in [3.63, 3.8) is 0 Å². The minimum Gasteiger partial charge on any atom is -0.443 e. The van der Waals surface area contributed by atoms with Gasteiger partial charge in [0.1, 0.15) is 16.1 Å². The Balaban J connectivity index is 3.27. The number of carbonyl (C=O) groups excluding carboxylic acids is 2. The molecular formula is C16H31NO4Si. The van der Waals surface area contributed by atoms with Crippen molar-refractivity contribution >= 4 is 22.5 Å². The number of hydrogen-bond donors (Lipinski definition) is 0. The molecule has 0 N–H and O–H groups in total. The van der Waals surface area contributed by atoms with E-state index in [0.29, 0.717) is 17.1 Å². The van der Waals surface area contributed by atoms with Crippen LogP contribution in [0.2, 0.25) is 0 Å². The van der Waals surface area contributed by atoms with Crippen molar-refractivity contribution in [2.24, 2.45) is 16.7 Å². The van der Waals surface area contributed by atoms with Crippen LogP contribution >= 0.6 is 0 Å². The average Bonchev–Trinajstić information content (AvgIpc) is 2.48. The number of imide groups is 1. The second-order valence-corrected chi connectivity index (χ2v) is 9.18. The minimum atomic E-state index is -0.684. The number of rotatable bonds is 2. The van der Waals surface area contributed by atoms with E-state index in [2.05, 4.69) is 0 Å². The van der Waals surface area contributed by atoms with Crippen molar-refractivity contribution in [2.75, 3.05) is 6.61 Å². The minimum absolute atomic E-state index is 0.00136. The van der Waals surface area contributed by atoms with E-state index in [1.165, 1.54) is 4.90 Å². The number of nitrogens with zero attached hydrogens (tertiary/aromatic N) is 1. The molecule has 1 aliphatic heterocycles. The van der Waals surface area contributed by atoms with E-state index >= 15 is 0 Å². The third kappa shape index (κ3) is 3.54. The van der Waals surface area contributed by atoms with Crippen LogP contribution in [0, 0.1) is 16.7 Å². The zero-order chi connectivity index (χ0) is 17.5. The summed E-state index contributed by atoms with van der Waals surface area (Å²) < 4.78 is 10.9. The van der Waals surface area contributed by atoms with Gasteiger partial charge in [0.2, 0.25) is 5.91 Å². The van der Waals surface area contributed by atoms with Gasteiger partial charge in [-0.1, -0.05) is 27.7 Å². The Morgan fingerprint density at radius 2 is 1.77 bits per heavy atom. The van der Waals surface area contributed by atoms with E-state index in [-0.39, 0.29) is 23.3 Å². The van der Waals surface area contributed by atoms with Crippen molar-refractivity contribution in [2.45, 2.75) is 67.0 Å². The summed E-state index contributed by atoms with van der Waals surface area (Å²) in [6.45, 7) is 15.8. The van der Waals surface area contributed by atoms with Crippen LogP contribution < -0.4 is 0 Å².